The third kappa shape index (κ3) is 5.99. The smallest absolute Gasteiger partial charge is 0.221 e. The minimum Gasteiger partial charge on any atom is -0.489 e. The lowest BCUT2D eigenvalue weighted by molar-refractivity contribution is -0.114. The van der Waals surface area contributed by atoms with Crippen molar-refractivity contribution in [3.63, 3.8) is 0 Å². The van der Waals surface area contributed by atoms with Crippen molar-refractivity contribution in [2.24, 2.45) is 0 Å². The highest BCUT2D eigenvalue weighted by atomic mass is 16.5. The molecular weight excluding hydrogens is 338 g/mol. The third-order valence-electron chi connectivity index (χ3n) is 4.33. The predicted octanol–water partition coefficient (Wildman–Crippen LogP) is 4.23. The maximum atomic E-state index is 11.1. The zero-order chi connectivity index (χ0) is 19.1. The highest BCUT2D eigenvalue weighted by Gasteiger charge is 2.12. The van der Waals surface area contributed by atoms with Gasteiger partial charge in [-0.3, -0.25) is 4.79 Å². The van der Waals surface area contributed by atoms with E-state index in [1.54, 1.807) is 6.20 Å². The number of imidazole rings is 1. The van der Waals surface area contributed by atoms with E-state index in [2.05, 4.69) is 41.5 Å². The zero-order valence-corrected chi connectivity index (χ0v) is 15.8. The van der Waals surface area contributed by atoms with Crippen LogP contribution in [0.25, 0.3) is 0 Å². The Hall–Kier alpha value is -3.08. The van der Waals surface area contributed by atoms with Crippen molar-refractivity contribution < 1.29 is 9.53 Å². The van der Waals surface area contributed by atoms with Gasteiger partial charge in [-0.05, 0) is 49.6 Å². The molecular formula is C22H25N3O2. The van der Waals surface area contributed by atoms with E-state index in [0.717, 1.165) is 30.8 Å². The van der Waals surface area contributed by atoms with Gasteiger partial charge in [0.1, 0.15) is 11.9 Å². The Morgan fingerprint density at radius 1 is 1.15 bits per heavy atom. The second kappa shape index (κ2) is 9.03. The van der Waals surface area contributed by atoms with Gasteiger partial charge in [0.05, 0.1) is 12.9 Å². The molecule has 0 aliphatic heterocycles. The molecule has 1 aromatic heterocycles. The molecule has 0 bridgehead atoms. The Bertz CT molecular complexity index is 840. The molecule has 0 aliphatic rings. The quantitative estimate of drug-likeness (QED) is 0.651. The maximum absolute atomic E-state index is 11.1. The molecule has 140 valence electrons. The van der Waals surface area contributed by atoms with Crippen molar-refractivity contribution in [2.75, 3.05) is 5.32 Å². The van der Waals surface area contributed by atoms with Crippen molar-refractivity contribution in [1.29, 1.82) is 0 Å². The molecule has 0 saturated heterocycles. The van der Waals surface area contributed by atoms with Gasteiger partial charge in [-0.25, -0.2) is 4.98 Å². The largest absolute Gasteiger partial charge is 0.489 e. The molecule has 1 atom stereocenters. The highest BCUT2D eigenvalue weighted by Crippen LogP contribution is 2.19. The molecule has 1 amide bonds. The van der Waals surface area contributed by atoms with Gasteiger partial charge in [0.15, 0.2) is 0 Å². The first kappa shape index (κ1) is 18.7. The lowest BCUT2D eigenvalue weighted by atomic mass is 10.1. The number of amides is 1. The summed E-state index contributed by atoms with van der Waals surface area (Å²) in [5.74, 6) is 0.706. The van der Waals surface area contributed by atoms with Crippen LogP contribution >= 0.6 is 0 Å². The fourth-order valence-electron chi connectivity index (χ4n) is 2.91. The summed E-state index contributed by atoms with van der Waals surface area (Å²) in [6.07, 6.45) is 7.40. The molecule has 1 N–H and O–H groups in total. The summed E-state index contributed by atoms with van der Waals surface area (Å²) in [4.78, 5) is 15.3. The van der Waals surface area contributed by atoms with E-state index < -0.39 is 0 Å². The number of nitrogens with zero attached hydrogens (tertiary/aromatic N) is 2. The monoisotopic (exact) mass is 363 g/mol. The number of carbonyl (C=O) groups is 1. The SMILES string of the molecule is CC(=O)Nc1ccc(OC(CCc2ccc(C)cc2)Cn2ccnc2)cc1. The van der Waals surface area contributed by atoms with Gasteiger partial charge in [0.25, 0.3) is 0 Å². The molecule has 0 spiro atoms. The molecule has 1 heterocycles. The van der Waals surface area contributed by atoms with Gasteiger partial charge in [-0.2, -0.15) is 0 Å². The van der Waals surface area contributed by atoms with Crippen molar-refractivity contribution >= 4 is 11.6 Å². The van der Waals surface area contributed by atoms with Crippen molar-refractivity contribution in [3.8, 4) is 5.75 Å². The van der Waals surface area contributed by atoms with Gasteiger partial charge in [0.2, 0.25) is 5.91 Å². The van der Waals surface area contributed by atoms with Gasteiger partial charge in [-0.1, -0.05) is 29.8 Å². The van der Waals surface area contributed by atoms with Gasteiger partial charge in [-0.15, -0.1) is 0 Å². The van der Waals surface area contributed by atoms with E-state index in [4.69, 9.17) is 4.74 Å². The number of nitrogens with one attached hydrogen (secondary N) is 1. The van der Waals surface area contributed by atoms with Crippen LogP contribution in [0.1, 0.15) is 24.5 Å². The number of benzene rings is 2. The average Bonchev–Trinajstić information content (AvgIpc) is 3.15. The zero-order valence-electron chi connectivity index (χ0n) is 15.8. The summed E-state index contributed by atoms with van der Waals surface area (Å²) in [5, 5.41) is 2.77. The van der Waals surface area contributed by atoms with Crippen LogP contribution in [0.15, 0.2) is 67.3 Å². The molecule has 0 fully saturated rings. The van der Waals surface area contributed by atoms with Crippen LogP contribution in [0.2, 0.25) is 0 Å². The van der Waals surface area contributed by atoms with Crippen molar-refractivity contribution in [2.45, 2.75) is 39.3 Å². The number of rotatable bonds is 8. The lowest BCUT2D eigenvalue weighted by Crippen LogP contribution is -2.23. The first-order valence-electron chi connectivity index (χ1n) is 9.14. The first-order valence-corrected chi connectivity index (χ1v) is 9.14. The molecule has 1 unspecified atom stereocenters. The van der Waals surface area contributed by atoms with E-state index >= 15 is 0 Å². The molecule has 5 heteroatoms. The van der Waals surface area contributed by atoms with E-state index in [9.17, 15) is 4.79 Å². The Morgan fingerprint density at radius 3 is 2.52 bits per heavy atom. The molecule has 0 saturated carbocycles. The Morgan fingerprint density at radius 2 is 1.89 bits per heavy atom. The van der Waals surface area contributed by atoms with Crippen LogP contribution < -0.4 is 10.1 Å². The van der Waals surface area contributed by atoms with Crippen LogP contribution in [-0.2, 0) is 17.8 Å². The second-order valence-corrected chi connectivity index (χ2v) is 6.73. The maximum Gasteiger partial charge on any atom is 0.221 e. The molecule has 5 nitrogen and oxygen atoms in total. The number of hydrogen-bond acceptors (Lipinski definition) is 3. The van der Waals surface area contributed by atoms with Gasteiger partial charge in [0, 0.05) is 25.0 Å². The normalized spacial score (nSPS) is 11.8. The minimum absolute atomic E-state index is 0.0205. The number of carbonyl (C=O) groups excluding carboxylic acids is 1. The van der Waals surface area contributed by atoms with Gasteiger partial charge >= 0.3 is 0 Å². The summed E-state index contributed by atoms with van der Waals surface area (Å²) in [5.41, 5.74) is 3.34. The highest BCUT2D eigenvalue weighted by molar-refractivity contribution is 5.88. The molecule has 27 heavy (non-hydrogen) atoms. The van der Waals surface area contributed by atoms with Crippen molar-refractivity contribution in [1.82, 2.24) is 9.55 Å². The van der Waals surface area contributed by atoms with Crippen LogP contribution in [-0.4, -0.2) is 21.6 Å². The van der Waals surface area contributed by atoms with E-state index in [0.29, 0.717) is 0 Å². The molecule has 3 aromatic rings. The fourth-order valence-corrected chi connectivity index (χ4v) is 2.91. The Kier molecular flexibility index (Phi) is 6.26. The van der Waals surface area contributed by atoms with Gasteiger partial charge < -0.3 is 14.6 Å². The number of anilines is 1. The number of aryl methyl sites for hydroxylation is 2. The number of ether oxygens (including phenoxy) is 1. The van der Waals surface area contributed by atoms with E-state index in [-0.39, 0.29) is 12.0 Å². The third-order valence-corrected chi connectivity index (χ3v) is 4.33. The average molecular weight is 363 g/mol. The Labute approximate surface area is 160 Å². The molecule has 3 rings (SSSR count). The first-order chi connectivity index (χ1) is 13.1. The summed E-state index contributed by atoms with van der Waals surface area (Å²) in [6, 6.07) is 16.1. The topological polar surface area (TPSA) is 56.1 Å². The van der Waals surface area contributed by atoms with Crippen molar-refractivity contribution in [3.05, 3.63) is 78.4 Å². The van der Waals surface area contributed by atoms with E-state index in [1.165, 1.54) is 18.1 Å². The second-order valence-electron chi connectivity index (χ2n) is 6.73. The fraction of sp³-hybridized carbons (Fsp3) is 0.273. The number of aromatic nitrogens is 2. The molecule has 0 radical (unpaired) electrons. The summed E-state index contributed by atoms with van der Waals surface area (Å²) >= 11 is 0. The van der Waals surface area contributed by atoms with Crippen LogP contribution in [0, 0.1) is 6.92 Å². The van der Waals surface area contributed by atoms with Crippen LogP contribution in [0.3, 0.4) is 0 Å². The molecule has 0 aliphatic carbocycles. The lowest BCUT2D eigenvalue weighted by Gasteiger charge is -2.20. The number of hydrogen-bond donors (Lipinski definition) is 1. The Balaban J connectivity index is 1.65. The minimum atomic E-state index is -0.0836. The molecule has 2 aromatic carbocycles. The predicted molar refractivity (Wildman–Crippen MR) is 107 cm³/mol. The summed E-state index contributed by atoms with van der Waals surface area (Å²) in [6.45, 7) is 4.33. The standard InChI is InChI=1S/C22H25N3O2/c1-17-3-5-19(6-4-17)7-10-22(15-25-14-13-23-16-25)27-21-11-8-20(9-12-21)24-18(2)26/h3-6,8-9,11-14,16,22H,7,10,15H2,1-2H3,(H,24,26). The summed E-state index contributed by atoms with van der Waals surface area (Å²) in [7, 11) is 0. The van der Waals surface area contributed by atoms with Crippen LogP contribution in [0.4, 0.5) is 5.69 Å². The summed E-state index contributed by atoms with van der Waals surface area (Å²) < 4.78 is 8.27. The van der Waals surface area contributed by atoms with E-state index in [1.807, 2.05) is 41.4 Å². The van der Waals surface area contributed by atoms with Crippen LogP contribution in [0.5, 0.6) is 5.75 Å².